The zero-order valence-corrected chi connectivity index (χ0v) is 11.9. The first kappa shape index (κ1) is 11.5. The average molecular weight is 254 g/mol. The number of fused-ring (bicyclic) bond motifs is 3. The van der Waals surface area contributed by atoms with Crippen LogP contribution in [0.2, 0.25) is 0 Å². The summed E-state index contributed by atoms with van der Waals surface area (Å²) in [6.07, 6.45) is 5.22. The van der Waals surface area contributed by atoms with Crippen molar-refractivity contribution in [2.45, 2.75) is 45.2 Å². The summed E-state index contributed by atoms with van der Waals surface area (Å²) in [6, 6.07) is 7.65. The van der Waals surface area contributed by atoms with Crippen molar-refractivity contribution in [2.75, 3.05) is 13.6 Å². The number of hydrogen-bond donors (Lipinski definition) is 0. The lowest BCUT2D eigenvalue weighted by Crippen LogP contribution is -2.27. The van der Waals surface area contributed by atoms with Gasteiger partial charge in [0.25, 0.3) is 0 Å². The lowest BCUT2D eigenvalue weighted by Gasteiger charge is -2.30. The Kier molecular flexibility index (Phi) is 2.49. The molecule has 1 aliphatic carbocycles. The molecule has 0 spiro atoms. The van der Waals surface area contributed by atoms with E-state index in [1.807, 2.05) is 0 Å². The van der Waals surface area contributed by atoms with Crippen LogP contribution < -0.4 is 0 Å². The highest BCUT2D eigenvalue weighted by Gasteiger charge is 2.31. The average Bonchev–Trinajstić information content (AvgIpc) is 2.61. The summed E-state index contributed by atoms with van der Waals surface area (Å²) < 4.78 is 2.62. The lowest BCUT2D eigenvalue weighted by molar-refractivity contribution is 0.226. The van der Waals surface area contributed by atoms with Crippen molar-refractivity contribution in [1.82, 2.24) is 9.47 Å². The van der Waals surface area contributed by atoms with Crippen LogP contribution in [0.1, 0.15) is 42.1 Å². The van der Waals surface area contributed by atoms with E-state index in [0.717, 1.165) is 0 Å². The maximum Gasteiger partial charge on any atom is 0.0500 e. The van der Waals surface area contributed by atoms with Gasteiger partial charge in [-0.05, 0) is 57.4 Å². The summed E-state index contributed by atoms with van der Waals surface area (Å²) in [5.74, 6) is 0. The molecule has 0 amide bonds. The lowest BCUT2D eigenvalue weighted by atomic mass is 9.90. The van der Waals surface area contributed by atoms with Gasteiger partial charge in [-0.15, -0.1) is 0 Å². The molecule has 1 aromatic heterocycles. The Labute approximate surface area is 115 Å². The van der Waals surface area contributed by atoms with E-state index in [1.54, 1.807) is 11.3 Å². The highest BCUT2D eigenvalue weighted by Crippen LogP contribution is 2.41. The molecule has 2 nitrogen and oxygen atoms in total. The first-order chi connectivity index (χ1) is 9.25. The molecule has 2 heteroatoms. The molecule has 0 saturated carbocycles. The maximum atomic E-state index is 2.62. The zero-order valence-electron chi connectivity index (χ0n) is 11.9. The van der Waals surface area contributed by atoms with Gasteiger partial charge in [-0.25, -0.2) is 0 Å². The third-order valence-electron chi connectivity index (χ3n) is 5.01. The molecule has 1 aromatic carbocycles. The smallest absolute Gasteiger partial charge is 0.0500 e. The minimum atomic E-state index is 0.652. The fourth-order valence-corrected chi connectivity index (χ4v) is 4.11. The zero-order chi connectivity index (χ0) is 13.0. The predicted octanol–water partition coefficient (Wildman–Crippen LogP) is 3.66. The number of aryl methyl sites for hydroxylation is 3. The highest BCUT2D eigenvalue weighted by molar-refractivity contribution is 5.86. The fourth-order valence-electron chi connectivity index (χ4n) is 4.11. The number of hydrogen-bond acceptors (Lipinski definition) is 1. The first-order valence-electron chi connectivity index (χ1n) is 7.57. The molecule has 100 valence electrons. The van der Waals surface area contributed by atoms with E-state index in [-0.39, 0.29) is 0 Å². The quantitative estimate of drug-likeness (QED) is 0.696. The van der Waals surface area contributed by atoms with E-state index in [4.69, 9.17) is 0 Å². The van der Waals surface area contributed by atoms with Gasteiger partial charge < -0.3 is 4.57 Å². The highest BCUT2D eigenvalue weighted by atomic mass is 15.2. The van der Waals surface area contributed by atoms with E-state index in [1.165, 1.54) is 55.2 Å². The minimum Gasteiger partial charge on any atom is -0.343 e. The summed E-state index contributed by atoms with van der Waals surface area (Å²) in [6.45, 7) is 4.64. The number of aromatic nitrogens is 1. The number of benzene rings is 1. The number of nitrogens with zero attached hydrogens (tertiary/aromatic N) is 2. The molecular formula is C17H22N2. The molecule has 0 bridgehead atoms. The van der Waals surface area contributed by atoms with Gasteiger partial charge in [-0.2, -0.15) is 0 Å². The topological polar surface area (TPSA) is 8.17 Å². The predicted molar refractivity (Wildman–Crippen MR) is 79.6 cm³/mol. The van der Waals surface area contributed by atoms with Crippen LogP contribution in [0.3, 0.4) is 0 Å². The monoisotopic (exact) mass is 254 g/mol. The molecule has 0 N–H and O–H groups in total. The van der Waals surface area contributed by atoms with Crippen LogP contribution >= 0.6 is 0 Å². The molecule has 0 radical (unpaired) electrons. The maximum absolute atomic E-state index is 2.62. The van der Waals surface area contributed by atoms with Crippen molar-refractivity contribution < 1.29 is 0 Å². The van der Waals surface area contributed by atoms with E-state index >= 15 is 0 Å². The summed E-state index contributed by atoms with van der Waals surface area (Å²) in [5.41, 5.74) is 6.13. The van der Waals surface area contributed by atoms with Gasteiger partial charge >= 0.3 is 0 Å². The SMILES string of the molecule is Cc1ccc2c(c1)c1c3n2CCCN(C)C3CCC1. The summed E-state index contributed by atoms with van der Waals surface area (Å²) in [4.78, 5) is 2.58. The Bertz CT molecular complexity index is 634. The Morgan fingerprint density at radius 3 is 2.95 bits per heavy atom. The molecule has 2 heterocycles. The van der Waals surface area contributed by atoms with Gasteiger partial charge in [0.2, 0.25) is 0 Å². The van der Waals surface area contributed by atoms with Crippen molar-refractivity contribution in [3.63, 3.8) is 0 Å². The van der Waals surface area contributed by atoms with E-state index in [2.05, 4.69) is 41.6 Å². The molecule has 1 aliphatic heterocycles. The molecule has 0 fully saturated rings. The van der Waals surface area contributed by atoms with Crippen molar-refractivity contribution >= 4 is 10.9 Å². The van der Waals surface area contributed by atoms with Gasteiger partial charge in [-0.3, -0.25) is 4.90 Å². The van der Waals surface area contributed by atoms with Crippen molar-refractivity contribution in [2.24, 2.45) is 0 Å². The van der Waals surface area contributed by atoms with Crippen LogP contribution in [0.15, 0.2) is 18.2 Å². The van der Waals surface area contributed by atoms with E-state index in [0.29, 0.717) is 6.04 Å². The summed E-state index contributed by atoms with van der Waals surface area (Å²) >= 11 is 0. The molecule has 0 saturated heterocycles. The molecule has 19 heavy (non-hydrogen) atoms. The van der Waals surface area contributed by atoms with E-state index < -0.39 is 0 Å². The largest absolute Gasteiger partial charge is 0.343 e. The van der Waals surface area contributed by atoms with Crippen molar-refractivity contribution in [1.29, 1.82) is 0 Å². The van der Waals surface area contributed by atoms with Gasteiger partial charge in [0.1, 0.15) is 0 Å². The molecule has 2 aromatic rings. The van der Waals surface area contributed by atoms with Crippen molar-refractivity contribution in [3.8, 4) is 0 Å². The van der Waals surface area contributed by atoms with Crippen LogP contribution in [0.25, 0.3) is 10.9 Å². The second kappa shape index (κ2) is 4.11. The molecular weight excluding hydrogens is 232 g/mol. The van der Waals surface area contributed by atoms with Crippen LogP contribution in [0.5, 0.6) is 0 Å². The van der Waals surface area contributed by atoms with Crippen LogP contribution in [-0.2, 0) is 13.0 Å². The number of rotatable bonds is 0. The first-order valence-corrected chi connectivity index (χ1v) is 7.57. The van der Waals surface area contributed by atoms with Gasteiger partial charge in [0, 0.05) is 29.7 Å². The van der Waals surface area contributed by atoms with Gasteiger partial charge in [-0.1, -0.05) is 11.6 Å². The molecule has 1 atom stereocenters. The Hall–Kier alpha value is -1.28. The Morgan fingerprint density at radius 1 is 1.16 bits per heavy atom. The summed E-state index contributed by atoms with van der Waals surface area (Å²) in [7, 11) is 2.30. The summed E-state index contributed by atoms with van der Waals surface area (Å²) in [5, 5.41) is 1.52. The normalized spacial score (nSPS) is 23.4. The van der Waals surface area contributed by atoms with Crippen LogP contribution in [0.4, 0.5) is 0 Å². The van der Waals surface area contributed by atoms with Crippen LogP contribution in [0, 0.1) is 6.92 Å². The Balaban J connectivity index is 2.05. The van der Waals surface area contributed by atoms with Crippen LogP contribution in [-0.4, -0.2) is 23.1 Å². The third kappa shape index (κ3) is 1.59. The van der Waals surface area contributed by atoms with Gasteiger partial charge in [0.15, 0.2) is 0 Å². The molecule has 4 rings (SSSR count). The molecule has 1 unspecified atom stereocenters. The molecule has 2 aliphatic rings. The van der Waals surface area contributed by atoms with E-state index in [9.17, 15) is 0 Å². The van der Waals surface area contributed by atoms with Crippen molar-refractivity contribution in [3.05, 3.63) is 35.0 Å². The fraction of sp³-hybridized carbons (Fsp3) is 0.529. The Morgan fingerprint density at radius 2 is 2.05 bits per heavy atom. The minimum absolute atomic E-state index is 0.652. The standard InChI is InChI=1S/C17H22N2/c1-12-7-8-15-14(11-12)13-5-3-6-16-17(13)19(15)10-4-9-18(16)2/h7-8,11,16H,3-6,9-10H2,1-2H3. The van der Waals surface area contributed by atoms with Gasteiger partial charge in [0.05, 0.1) is 6.04 Å². The third-order valence-corrected chi connectivity index (χ3v) is 5.01. The second-order valence-corrected chi connectivity index (χ2v) is 6.28. The second-order valence-electron chi connectivity index (χ2n) is 6.28.